The van der Waals surface area contributed by atoms with Gasteiger partial charge in [0.25, 0.3) is 5.91 Å². The lowest BCUT2D eigenvalue weighted by atomic mass is 9.99. The molecule has 18 heavy (non-hydrogen) atoms. The smallest absolute Gasteiger partial charge is 0.255 e. The highest BCUT2D eigenvalue weighted by molar-refractivity contribution is 9.10. The first-order valence-corrected chi connectivity index (χ1v) is 7.25. The molecule has 1 saturated heterocycles. The van der Waals surface area contributed by atoms with E-state index < -0.39 is 0 Å². The Morgan fingerprint density at radius 1 is 1.56 bits per heavy atom. The highest BCUT2D eigenvalue weighted by atomic mass is 79.9. The van der Waals surface area contributed by atoms with E-state index in [0.717, 1.165) is 19.4 Å². The number of carbonyl (C=O) groups is 1. The maximum Gasteiger partial charge on any atom is 0.255 e. The average Bonchev–Trinajstić information content (AvgIpc) is 2.38. The molecule has 0 bridgehead atoms. The molecule has 1 aliphatic rings. The fourth-order valence-corrected chi connectivity index (χ4v) is 2.98. The molecule has 1 aromatic rings. The van der Waals surface area contributed by atoms with Crippen molar-refractivity contribution in [3.05, 3.63) is 34.1 Å². The van der Waals surface area contributed by atoms with E-state index in [4.69, 9.17) is 11.6 Å². The number of benzene rings is 1. The van der Waals surface area contributed by atoms with Crippen LogP contribution in [0.5, 0.6) is 0 Å². The van der Waals surface area contributed by atoms with E-state index in [9.17, 15) is 9.18 Å². The zero-order valence-electron chi connectivity index (χ0n) is 9.83. The number of rotatable bonds is 2. The van der Waals surface area contributed by atoms with Gasteiger partial charge < -0.3 is 4.90 Å². The molecule has 0 radical (unpaired) electrons. The molecule has 0 spiro atoms. The summed E-state index contributed by atoms with van der Waals surface area (Å²) in [6.07, 6.45) is 2.04. The van der Waals surface area contributed by atoms with Crippen LogP contribution in [0.25, 0.3) is 0 Å². The molecule has 1 fully saturated rings. The van der Waals surface area contributed by atoms with Crippen molar-refractivity contribution in [2.75, 3.05) is 19.0 Å². The van der Waals surface area contributed by atoms with Gasteiger partial charge in [-0.3, -0.25) is 4.79 Å². The highest BCUT2D eigenvalue weighted by Gasteiger charge is 2.25. The van der Waals surface area contributed by atoms with E-state index >= 15 is 0 Å². The summed E-state index contributed by atoms with van der Waals surface area (Å²) < 4.78 is 13.5. The lowest BCUT2D eigenvalue weighted by Crippen LogP contribution is -2.40. The molecular weight excluding hydrogens is 321 g/mol. The Morgan fingerprint density at radius 2 is 2.33 bits per heavy atom. The number of carbonyl (C=O) groups excluding carboxylic acids is 1. The van der Waals surface area contributed by atoms with Crippen LogP contribution < -0.4 is 0 Å². The molecule has 1 aliphatic heterocycles. The van der Waals surface area contributed by atoms with Crippen LogP contribution in [0.3, 0.4) is 0 Å². The maximum atomic E-state index is 13.0. The Balaban J connectivity index is 2.15. The van der Waals surface area contributed by atoms with Gasteiger partial charge in [-0.05, 0) is 52.9 Å². The van der Waals surface area contributed by atoms with Crippen LogP contribution in [-0.4, -0.2) is 29.8 Å². The first-order chi connectivity index (χ1) is 8.61. The Bertz CT molecular complexity index is 455. The fourth-order valence-electron chi connectivity index (χ4n) is 2.21. The fraction of sp³-hybridized carbons (Fsp3) is 0.462. The van der Waals surface area contributed by atoms with E-state index in [1.165, 1.54) is 18.2 Å². The number of hydrogen-bond acceptors (Lipinski definition) is 1. The summed E-state index contributed by atoms with van der Waals surface area (Å²) >= 11 is 9.08. The maximum absolute atomic E-state index is 13.0. The van der Waals surface area contributed by atoms with Gasteiger partial charge in [-0.15, -0.1) is 11.6 Å². The highest BCUT2D eigenvalue weighted by Crippen LogP contribution is 2.23. The van der Waals surface area contributed by atoms with E-state index in [2.05, 4.69) is 15.9 Å². The van der Waals surface area contributed by atoms with Crippen LogP contribution in [0.2, 0.25) is 0 Å². The summed E-state index contributed by atoms with van der Waals surface area (Å²) in [5.41, 5.74) is 0.506. The Kier molecular flexibility index (Phi) is 4.62. The van der Waals surface area contributed by atoms with Crippen molar-refractivity contribution in [3.8, 4) is 0 Å². The first kappa shape index (κ1) is 13.8. The Hall–Kier alpha value is -0.610. The minimum Gasteiger partial charge on any atom is -0.338 e. The van der Waals surface area contributed by atoms with Gasteiger partial charge in [-0.2, -0.15) is 0 Å². The van der Waals surface area contributed by atoms with Crippen molar-refractivity contribution in [1.29, 1.82) is 0 Å². The van der Waals surface area contributed by atoms with E-state index in [1.807, 2.05) is 0 Å². The van der Waals surface area contributed by atoms with Crippen LogP contribution in [0.4, 0.5) is 4.39 Å². The first-order valence-electron chi connectivity index (χ1n) is 5.92. The van der Waals surface area contributed by atoms with Crippen molar-refractivity contribution in [2.45, 2.75) is 12.8 Å². The number of amides is 1. The third-order valence-corrected chi connectivity index (χ3v) is 4.28. The number of hydrogen-bond donors (Lipinski definition) is 0. The molecule has 1 heterocycles. The average molecular weight is 335 g/mol. The molecule has 0 saturated carbocycles. The molecule has 0 aromatic heterocycles. The summed E-state index contributed by atoms with van der Waals surface area (Å²) in [6.45, 7) is 1.43. The van der Waals surface area contributed by atoms with Crippen LogP contribution >= 0.6 is 27.5 Å². The monoisotopic (exact) mass is 333 g/mol. The quantitative estimate of drug-likeness (QED) is 0.756. The second-order valence-electron chi connectivity index (χ2n) is 4.54. The van der Waals surface area contributed by atoms with Gasteiger partial charge in [-0.25, -0.2) is 4.39 Å². The van der Waals surface area contributed by atoms with E-state index in [0.29, 0.717) is 28.4 Å². The summed E-state index contributed by atoms with van der Waals surface area (Å²) in [4.78, 5) is 14.1. The largest absolute Gasteiger partial charge is 0.338 e. The molecule has 1 amide bonds. The predicted octanol–water partition coefficient (Wildman–Crippen LogP) is 3.68. The third-order valence-electron chi connectivity index (χ3n) is 3.19. The molecule has 2 nitrogen and oxygen atoms in total. The van der Waals surface area contributed by atoms with Crippen molar-refractivity contribution in [3.63, 3.8) is 0 Å². The standard InChI is InChI=1S/C13H14BrClFNO/c14-12-6-10(16)3-4-11(12)13(18)17-5-1-2-9(7-15)8-17/h3-4,6,9H,1-2,5,7-8H2. The number of piperidine rings is 1. The van der Waals surface area contributed by atoms with Crippen molar-refractivity contribution < 1.29 is 9.18 Å². The molecule has 0 aliphatic carbocycles. The third kappa shape index (κ3) is 3.04. The van der Waals surface area contributed by atoms with Crippen LogP contribution in [0.1, 0.15) is 23.2 Å². The zero-order valence-corrected chi connectivity index (χ0v) is 12.2. The summed E-state index contributed by atoms with van der Waals surface area (Å²) in [6, 6.07) is 4.14. The molecule has 2 rings (SSSR count). The molecule has 98 valence electrons. The van der Waals surface area contributed by atoms with Gasteiger partial charge in [-0.1, -0.05) is 0 Å². The lowest BCUT2D eigenvalue weighted by molar-refractivity contribution is 0.0684. The number of nitrogens with zero attached hydrogens (tertiary/aromatic N) is 1. The van der Waals surface area contributed by atoms with Crippen molar-refractivity contribution >= 4 is 33.4 Å². The van der Waals surface area contributed by atoms with Crippen LogP contribution in [0, 0.1) is 11.7 Å². The topological polar surface area (TPSA) is 20.3 Å². The van der Waals surface area contributed by atoms with Crippen molar-refractivity contribution in [1.82, 2.24) is 4.90 Å². The molecule has 1 aromatic carbocycles. The second kappa shape index (κ2) is 6.02. The summed E-state index contributed by atoms with van der Waals surface area (Å²) in [5.74, 6) is 0.532. The zero-order chi connectivity index (χ0) is 13.1. The van der Waals surface area contributed by atoms with Gasteiger partial charge >= 0.3 is 0 Å². The Morgan fingerprint density at radius 3 is 3.00 bits per heavy atom. The summed E-state index contributed by atoms with van der Waals surface area (Å²) in [7, 11) is 0. The Labute approximate surface area is 119 Å². The minimum absolute atomic E-state index is 0.0586. The molecule has 5 heteroatoms. The number of likely N-dealkylation sites (tertiary alicyclic amines) is 1. The molecule has 0 N–H and O–H groups in total. The van der Waals surface area contributed by atoms with Crippen LogP contribution in [-0.2, 0) is 0 Å². The van der Waals surface area contributed by atoms with Gasteiger partial charge in [0, 0.05) is 23.4 Å². The normalized spacial score (nSPS) is 19.9. The van der Waals surface area contributed by atoms with E-state index in [1.54, 1.807) is 4.90 Å². The van der Waals surface area contributed by atoms with Gasteiger partial charge in [0.2, 0.25) is 0 Å². The van der Waals surface area contributed by atoms with Crippen LogP contribution in [0.15, 0.2) is 22.7 Å². The van der Waals surface area contributed by atoms with Gasteiger partial charge in [0.05, 0.1) is 5.56 Å². The molecule has 1 atom stereocenters. The van der Waals surface area contributed by atoms with Gasteiger partial charge in [0.15, 0.2) is 0 Å². The van der Waals surface area contributed by atoms with E-state index in [-0.39, 0.29) is 11.7 Å². The lowest BCUT2D eigenvalue weighted by Gasteiger charge is -2.32. The molecule has 1 unspecified atom stereocenters. The van der Waals surface area contributed by atoms with Crippen molar-refractivity contribution in [2.24, 2.45) is 5.92 Å². The minimum atomic E-state index is -0.351. The number of halogens is 3. The SMILES string of the molecule is O=C(c1ccc(F)cc1Br)N1CCCC(CCl)C1. The van der Waals surface area contributed by atoms with Gasteiger partial charge in [0.1, 0.15) is 5.82 Å². The number of alkyl halides is 1. The summed E-state index contributed by atoms with van der Waals surface area (Å²) in [5, 5.41) is 0. The predicted molar refractivity (Wildman–Crippen MR) is 73.4 cm³/mol. The molecular formula is C13H14BrClFNO. The second-order valence-corrected chi connectivity index (χ2v) is 5.70.